The molecule has 1 spiro atoms. The molecule has 2 fully saturated rings. The van der Waals surface area contributed by atoms with Crippen molar-refractivity contribution >= 4 is 35.0 Å². The van der Waals surface area contributed by atoms with Crippen LogP contribution >= 0.6 is 11.6 Å². The number of unbranched alkanes of at least 4 members (excludes halogenated alkanes) is 1. The average molecular weight is 392 g/mol. The Labute approximate surface area is 162 Å². The van der Waals surface area contributed by atoms with Gasteiger partial charge in [-0.25, -0.2) is 0 Å². The van der Waals surface area contributed by atoms with Crippen molar-refractivity contribution < 1.29 is 19.5 Å². The molecule has 0 radical (unpaired) electrons. The van der Waals surface area contributed by atoms with Crippen LogP contribution in [0.15, 0.2) is 18.2 Å². The van der Waals surface area contributed by atoms with Crippen molar-refractivity contribution in [1.82, 2.24) is 10.2 Å². The number of halogens is 1. The van der Waals surface area contributed by atoms with E-state index in [1.807, 2.05) is 6.92 Å². The number of rotatable bonds is 4. The lowest BCUT2D eigenvalue weighted by Gasteiger charge is -2.30. The molecule has 0 bridgehead atoms. The van der Waals surface area contributed by atoms with Crippen molar-refractivity contribution in [2.75, 3.05) is 11.9 Å². The second kappa shape index (κ2) is 6.29. The van der Waals surface area contributed by atoms with Crippen LogP contribution in [0.25, 0.3) is 0 Å². The van der Waals surface area contributed by atoms with Crippen LogP contribution in [0.3, 0.4) is 0 Å². The van der Waals surface area contributed by atoms with Crippen molar-refractivity contribution in [3.63, 3.8) is 0 Å². The Bertz CT molecular complexity index is 842. The molecule has 0 aliphatic carbocycles. The SMILES string of the molecule is CCCCN1C(=O)[C@@H]2[C@H]([C@H](C)O)N[C@@]3(C(=O)Nc4c(Cl)cccc43)[C@@H]2C1=O. The average Bonchev–Trinajstić information content (AvgIpc) is 3.21. The number of nitrogens with one attached hydrogen (secondary N) is 2. The molecule has 0 saturated carbocycles. The molecule has 144 valence electrons. The third-order valence-corrected chi connectivity index (χ3v) is 6.30. The quantitative estimate of drug-likeness (QED) is 0.671. The number of fused-ring (bicyclic) bond motifs is 4. The highest BCUT2D eigenvalue weighted by Crippen LogP contribution is 2.54. The van der Waals surface area contributed by atoms with Gasteiger partial charge in [-0.15, -0.1) is 0 Å². The van der Waals surface area contributed by atoms with E-state index in [1.165, 1.54) is 4.90 Å². The molecule has 2 saturated heterocycles. The smallest absolute Gasteiger partial charge is 0.250 e. The number of hydrogen-bond acceptors (Lipinski definition) is 5. The van der Waals surface area contributed by atoms with E-state index >= 15 is 0 Å². The molecular formula is C19H22ClN3O4. The lowest BCUT2D eigenvalue weighted by atomic mass is 9.76. The van der Waals surface area contributed by atoms with E-state index in [-0.39, 0.29) is 11.8 Å². The summed E-state index contributed by atoms with van der Waals surface area (Å²) in [5.41, 5.74) is -0.397. The molecule has 7 nitrogen and oxygen atoms in total. The summed E-state index contributed by atoms with van der Waals surface area (Å²) in [5, 5.41) is 16.6. The first kappa shape index (κ1) is 18.4. The molecule has 27 heavy (non-hydrogen) atoms. The van der Waals surface area contributed by atoms with Crippen molar-refractivity contribution in [1.29, 1.82) is 0 Å². The monoisotopic (exact) mass is 391 g/mol. The number of anilines is 1. The summed E-state index contributed by atoms with van der Waals surface area (Å²) >= 11 is 6.25. The maximum atomic E-state index is 13.2. The van der Waals surface area contributed by atoms with Crippen LogP contribution in [0, 0.1) is 11.8 Å². The molecule has 1 aromatic rings. The first-order chi connectivity index (χ1) is 12.8. The number of aliphatic hydroxyl groups excluding tert-OH is 1. The Morgan fingerprint density at radius 1 is 1.30 bits per heavy atom. The van der Waals surface area contributed by atoms with Gasteiger partial charge in [-0.2, -0.15) is 0 Å². The van der Waals surface area contributed by atoms with Crippen LogP contribution in [-0.4, -0.2) is 46.4 Å². The Kier molecular flexibility index (Phi) is 4.29. The van der Waals surface area contributed by atoms with Crippen LogP contribution in [0.1, 0.15) is 32.3 Å². The number of likely N-dealkylation sites (tertiary alicyclic amines) is 1. The van der Waals surface area contributed by atoms with E-state index in [0.29, 0.717) is 29.2 Å². The van der Waals surface area contributed by atoms with Crippen LogP contribution in [0.2, 0.25) is 5.02 Å². The molecule has 1 aromatic carbocycles. The molecule has 8 heteroatoms. The molecule has 3 aliphatic heterocycles. The fourth-order valence-electron chi connectivity index (χ4n) is 4.73. The Balaban J connectivity index is 1.87. The van der Waals surface area contributed by atoms with Crippen molar-refractivity contribution in [2.24, 2.45) is 11.8 Å². The zero-order chi connectivity index (χ0) is 19.5. The summed E-state index contributed by atoms with van der Waals surface area (Å²) in [6.45, 7) is 3.87. The maximum Gasteiger partial charge on any atom is 0.250 e. The Hall–Kier alpha value is -1.96. The molecule has 4 rings (SSSR count). The van der Waals surface area contributed by atoms with E-state index in [9.17, 15) is 19.5 Å². The fourth-order valence-corrected chi connectivity index (χ4v) is 4.96. The minimum Gasteiger partial charge on any atom is -0.392 e. The van der Waals surface area contributed by atoms with Gasteiger partial charge in [0, 0.05) is 18.2 Å². The lowest BCUT2D eigenvalue weighted by Crippen LogP contribution is -2.54. The first-order valence-electron chi connectivity index (χ1n) is 9.26. The standard InChI is InChI=1S/C19H22ClN3O4/c1-3-4-8-23-16(25)12-13(17(23)26)19(22-14(12)9(2)24)10-6-5-7-11(20)15(10)21-18(19)27/h5-7,9,12-14,22,24H,3-4,8H2,1-2H3,(H,21,27)/t9-,12-,13-,14-,19+/m0/s1. The molecule has 3 amide bonds. The highest BCUT2D eigenvalue weighted by atomic mass is 35.5. The van der Waals surface area contributed by atoms with E-state index in [2.05, 4.69) is 10.6 Å². The summed E-state index contributed by atoms with van der Waals surface area (Å²) in [6, 6.07) is 4.41. The van der Waals surface area contributed by atoms with Gasteiger partial charge in [0.05, 0.1) is 28.6 Å². The van der Waals surface area contributed by atoms with Gasteiger partial charge >= 0.3 is 0 Å². The van der Waals surface area contributed by atoms with Gasteiger partial charge in [0.25, 0.3) is 0 Å². The zero-order valence-electron chi connectivity index (χ0n) is 15.2. The summed E-state index contributed by atoms with van der Waals surface area (Å²) < 4.78 is 0. The first-order valence-corrected chi connectivity index (χ1v) is 9.63. The van der Waals surface area contributed by atoms with Crippen LogP contribution in [-0.2, 0) is 19.9 Å². The number of hydrogen-bond donors (Lipinski definition) is 3. The predicted molar refractivity (Wildman–Crippen MR) is 99.0 cm³/mol. The highest BCUT2D eigenvalue weighted by Gasteiger charge is 2.71. The van der Waals surface area contributed by atoms with Gasteiger partial charge < -0.3 is 10.4 Å². The van der Waals surface area contributed by atoms with Crippen LogP contribution in [0.5, 0.6) is 0 Å². The predicted octanol–water partition coefficient (Wildman–Crippen LogP) is 1.24. The van der Waals surface area contributed by atoms with E-state index in [1.54, 1.807) is 25.1 Å². The zero-order valence-corrected chi connectivity index (χ0v) is 15.9. The summed E-state index contributed by atoms with van der Waals surface area (Å²) in [5.74, 6) is -2.79. The molecule has 5 atom stereocenters. The minimum absolute atomic E-state index is 0.322. The third-order valence-electron chi connectivity index (χ3n) is 5.98. The number of carbonyl (C=O) groups excluding carboxylic acids is 3. The van der Waals surface area contributed by atoms with Crippen molar-refractivity contribution in [3.05, 3.63) is 28.8 Å². The molecule has 3 aliphatic rings. The number of carbonyl (C=O) groups is 3. The van der Waals surface area contributed by atoms with Crippen molar-refractivity contribution in [3.8, 4) is 0 Å². The normalized spacial score (nSPS) is 32.8. The Morgan fingerprint density at radius 3 is 2.70 bits per heavy atom. The van der Waals surface area contributed by atoms with Gasteiger partial charge in [-0.1, -0.05) is 37.1 Å². The summed E-state index contributed by atoms with van der Waals surface area (Å²) in [6.07, 6.45) is 0.635. The maximum absolute atomic E-state index is 13.2. The number of imide groups is 1. The number of amides is 3. The molecular weight excluding hydrogens is 370 g/mol. The van der Waals surface area contributed by atoms with E-state index in [0.717, 1.165) is 6.42 Å². The van der Waals surface area contributed by atoms with E-state index in [4.69, 9.17) is 11.6 Å². The minimum atomic E-state index is -1.40. The lowest BCUT2D eigenvalue weighted by molar-refractivity contribution is -0.143. The largest absolute Gasteiger partial charge is 0.392 e. The van der Waals surface area contributed by atoms with Crippen LogP contribution in [0.4, 0.5) is 5.69 Å². The van der Waals surface area contributed by atoms with Gasteiger partial charge in [-0.05, 0) is 19.4 Å². The second-order valence-electron chi connectivity index (χ2n) is 7.52. The number of benzene rings is 1. The number of para-hydroxylation sites is 1. The Morgan fingerprint density at radius 2 is 2.04 bits per heavy atom. The third kappa shape index (κ3) is 2.31. The topological polar surface area (TPSA) is 98.7 Å². The number of nitrogens with zero attached hydrogens (tertiary/aromatic N) is 1. The van der Waals surface area contributed by atoms with Gasteiger partial charge in [0.1, 0.15) is 5.54 Å². The van der Waals surface area contributed by atoms with Crippen LogP contribution < -0.4 is 10.6 Å². The molecule has 0 aromatic heterocycles. The summed E-state index contributed by atoms with van der Waals surface area (Å²) in [7, 11) is 0. The second-order valence-corrected chi connectivity index (χ2v) is 7.93. The highest BCUT2D eigenvalue weighted by molar-refractivity contribution is 6.35. The number of aliphatic hydroxyl groups is 1. The van der Waals surface area contributed by atoms with Gasteiger partial charge in [0.15, 0.2) is 0 Å². The summed E-state index contributed by atoms with van der Waals surface area (Å²) in [4.78, 5) is 40.6. The molecule has 3 heterocycles. The van der Waals surface area contributed by atoms with Gasteiger partial charge in [0.2, 0.25) is 17.7 Å². The van der Waals surface area contributed by atoms with Crippen molar-refractivity contribution in [2.45, 2.75) is 44.4 Å². The molecule has 0 unspecified atom stereocenters. The fraction of sp³-hybridized carbons (Fsp3) is 0.526. The molecule has 3 N–H and O–H groups in total. The van der Waals surface area contributed by atoms with Gasteiger partial charge in [-0.3, -0.25) is 24.6 Å². The van der Waals surface area contributed by atoms with E-state index < -0.39 is 35.4 Å².